The summed E-state index contributed by atoms with van der Waals surface area (Å²) in [7, 11) is 0. The Morgan fingerprint density at radius 2 is 0.953 bits per heavy atom. The first-order chi connectivity index (χ1) is 51.5. The zero-order chi connectivity index (χ0) is 74.3. The summed E-state index contributed by atoms with van der Waals surface area (Å²) in [6.45, 7) is 27.9. The molecular weight excluding hydrogens is 1370 g/mol. The van der Waals surface area contributed by atoms with E-state index in [-0.39, 0.29) is 12.6 Å². The molecule has 106 heavy (non-hydrogen) atoms. The second-order valence-corrected chi connectivity index (χ2v) is 29.4. The SMILES string of the molecule is C=CC(=O)OCCOCCOCCN(/N=C/c1cc(C)ccc1C)c1nc2ccccc2s1.Cc1ccc(C)c(/C=N/N(CCC(C)C)c2nc3ccccc3s2)c1.Cc1ccc(C)c(/C=N/NC2c3ccccc3-c3ccccc32)c1.Cc1ccc(C)c(/C=N/Nc2nc3c(ccc4ccccc43)s2)c1. The highest BCUT2D eigenvalue weighted by Gasteiger charge is 2.27. The minimum absolute atomic E-state index is 0.110. The van der Waals surface area contributed by atoms with Crippen molar-refractivity contribution in [2.45, 2.75) is 81.7 Å². The number of carbonyl (C=O) groups is 1. The van der Waals surface area contributed by atoms with Gasteiger partial charge in [0.05, 0.1) is 94.5 Å². The highest BCUT2D eigenvalue weighted by Crippen LogP contribution is 2.43. The number of aryl methyl sites for hydroxylation is 8. The zero-order valence-electron chi connectivity index (χ0n) is 61.9. The molecule has 0 fully saturated rings. The minimum atomic E-state index is -0.453. The molecule has 0 aliphatic heterocycles. The Labute approximate surface area is 634 Å². The number of carbonyl (C=O) groups excluding carboxylic acids is 1. The summed E-state index contributed by atoms with van der Waals surface area (Å²) in [5.41, 5.74) is 28.9. The molecule has 0 atom stereocenters. The summed E-state index contributed by atoms with van der Waals surface area (Å²) in [6.07, 6.45) is 9.83. The third-order valence-electron chi connectivity index (χ3n) is 17.7. The molecule has 14 rings (SSSR count). The molecule has 18 heteroatoms. The van der Waals surface area contributed by atoms with Crippen LogP contribution in [0.4, 0.5) is 15.4 Å². The summed E-state index contributed by atoms with van der Waals surface area (Å²) in [6, 6.07) is 71.7. The summed E-state index contributed by atoms with van der Waals surface area (Å²) >= 11 is 4.92. The normalized spacial score (nSPS) is 11.8. The maximum Gasteiger partial charge on any atom is 0.330 e. The number of esters is 1. The molecule has 13 aromatic rings. The Hall–Kier alpha value is -10.9. The Bertz CT molecular complexity index is 5160. The summed E-state index contributed by atoms with van der Waals surface area (Å²) in [4.78, 5) is 25.2. The molecule has 0 bridgehead atoms. The number of ether oxygens (including phenoxy) is 3. The molecule has 0 saturated heterocycles. The van der Waals surface area contributed by atoms with Crippen LogP contribution in [-0.4, -0.2) is 91.9 Å². The van der Waals surface area contributed by atoms with Crippen molar-refractivity contribution in [3.05, 3.63) is 297 Å². The number of benzene rings is 10. The predicted molar refractivity (Wildman–Crippen MR) is 448 cm³/mol. The molecule has 15 nitrogen and oxygen atoms in total. The highest BCUT2D eigenvalue weighted by molar-refractivity contribution is 7.23. The number of para-hydroxylation sites is 2. The van der Waals surface area contributed by atoms with Crippen LogP contribution in [0.3, 0.4) is 0 Å². The Kier molecular flexibility index (Phi) is 27.1. The van der Waals surface area contributed by atoms with Crippen molar-refractivity contribution in [3.8, 4) is 11.1 Å². The lowest BCUT2D eigenvalue weighted by molar-refractivity contribution is -0.139. The third-order valence-corrected chi connectivity index (χ3v) is 20.7. The fourth-order valence-corrected chi connectivity index (χ4v) is 14.4. The lowest BCUT2D eigenvalue weighted by atomic mass is 10.1. The van der Waals surface area contributed by atoms with Crippen LogP contribution < -0.4 is 20.9 Å². The molecule has 1 aliphatic carbocycles. The fourth-order valence-electron chi connectivity index (χ4n) is 11.7. The highest BCUT2D eigenvalue weighted by atomic mass is 32.1. The van der Waals surface area contributed by atoms with Gasteiger partial charge in [0.25, 0.3) is 0 Å². The van der Waals surface area contributed by atoms with E-state index >= 15 is 0 Å². The van der Waals surface area contributed by atoms with Crippen molar-refractivity contribution in [1.82, 2.24) is 20.4 Å². The van der Waals surface area contributed by atoms with E-state index in [0.29, 0.717) is 38.9 Å². The summed E-state index contributed by atoms with van der Waals surface area (Å²) in [5.74, 6) is 0.180. The average Bonchev–Trinajstić information content (AvgIpc) is 1.62. The molecule has 2 N–H and O–H groups in total. The van der Waals surface area contributed by atoms with E-state index in [1.54, 1.807) is 34.0 Å². The molecule has 0 amide bonds. The molecule has 10 aromatic carbocycles. The number of hydrogen-bond donors (Lipinski definition) is 2. The van der Waals surface area contributed by atoms with Crippen molar-refractivity contribution < 1.29 is 19.0 Å². The number of hydrazone groups is 4. The van der Waals surface area contributed by atoms with Gasteiger partial charge in [0.2, 0.25) is 15.4 Å². The molecule has 3 aromatic heterocycles. The van der Waals surface area contributed by atoms with E-state index < -0.39 is 5.97 Å². The maximum atomic E-state index is 11.0. The van der Waals surface area contributed by atoms with Gasteiger partial charge in [0.15, 0.2) is 0 Å². The molecular formula is C88H91N11O4S3. The van der Waals surface area contributed by atoms with Crippen molar-refractivity contribution in [3.63, 3.8) is 0 Å². The van der Waals surface area contributed by atoms with E-state index in [1.807, 2.05) is 71.3 Å². The Morgan fingerprint density at radius 1 is 0.491 bits per heavy atom. The van der Waals surface area contributed by atoms with E-state index in [1.165, 1.54) is 82.2 Å². The van der Waals surface area contributed by atoms with E-state index in [0.717, 1.165) is 82.6 Å². The number of nitrogens with one attached hydrogen (secondary N) is 2. The second kappa shape index (κ2) is 37.7. The van der Waals surface area contributed by atoms with Crippen LogP contribution in [0.25, 0.3) is 52.5 Å². The number of hydrogen-bond acceptors (Lipinski definition) is 18. The van der Waals surface area contributed by atoms with Crippen LogP contribution in [0.2, 0.25) is 0 Å². The topological polar surface area (TPSA) is 163 Å². The van der Waals surface area contributed by atoms with Gasteiger partial charge < -0.3 is 14.2 Å². The molecule has 0 spiro atoms. The van der Waals surface area contributed by atoms with Crippen LogP contribution in [0, 0.1) is 61.3 Å². The number of fused-ring (bicyclic) bond motifs is 8. The molecule has 540 valence electrons. The van der Waals surface area contributed by atoms with Crippen molar-refractivity contribution in [2.75, 3.05) is 61.6 Å². The van der Waals surface area contributed by atoms with Gasteiger partial charge in [0.1, 0.15) is 6.61 Å². The van der Waals surface area contributed by atoms with Crippen molar-refractivity contribution in [2.24, 2.45) is 26.3 Å². The van der Waals surface area contributed by atoms with Gasteiger partial charge in [-0.25, -0.2) is 29.8 Å². The molecule has 0 radical (unpaired) electrons. The van der Waals surface area contributed by atoms with Gasteiger partial charge in [0, 0.05) is 18.0 Å². The molecule has 3 heterocycles. The van der Waals surface area contributed by atoms with Crippen LogP contribution in [-0.2, 0) is 19.0 Å². The Balaban J connectivity index is 0.000000142. The van der Waals surface area contributed by atoms with Crippen LogP contribution >= 0.6 is 34.0 Å². The number of aromatic nitrogens is 3. The largest absolute Gasteiger partial charge is 0.460 e. The van der Waals surface area contributed by atoms with E-state index in [4.69, 9.17) is 39.4 Å². The van der Waals surface area contributed by atoms with Gasteiger partial charge >= 0.3 is 5.97 Å². The summed E-state index contributed by atoms with van der Waals surface area (Å²) in [5, 5.41) is 27.3. The number of nitrogens with zero attached hydrogens (tertiary/aromatic N) is 9. The van der Waals surface area contributed by atoms with Gasteiger partial charge in [-0.05, 0) is 170 Å². The third kappa shape index (κ3) is 21.0. The van der Waals surface area contributed by atoms with Crippen LogP contribution in [0.5, 0.6) is 0 Å². The quantitative estimate of drug-likeness (QED) is 0.0184. The summed E-state index contributed by atoms with van der Waals surface area (Å²) < 4.78 is 19.5. The average molecular weight is 1460 g/mol. The second-order valence-electron chi connectivity index (χ2n) is 26.4. The molecule has 0 unspecified atom stereocenters. The lowest BCUT2D eigenvalue weighted by Gasteiger charge is -2.17. The first kappa shape index (κ1) is 76.3. The Morgan fingerprint density at radius 3 is 1.48 bits per heavy atom. The smallest absolute Gasteiger partial charge is 0.330 e. The maximum absolute atomic E-state index is 11.0. The van der Waals surface area contributed by atoms with Gasteiger partial charge in [-0.1, -0.05) is 253 Å². The minimum Gasteiger partial charge on any atom is -0.460 e. The van der Waals surface area contributed by atoms with Crippen LogP contribution in [0.15, 0.2) is 239 Å². The fraction of sp³-hybridized carbons (Fsp3) is 0.227. The van der Waals surface area contributed by atoms with E-state index in [2.05, 4.69) is 267 Å². The van der Waals surface area contributed by atoms with Gasteiger partial charge in [-0.15, -0.1) is 0 Å². The zero-order valence-corrected chi connectivity index (χ0v) is 64.4. The van der Waals surface area contributed by atoms with Gasteiger partial charge in [-0.2, -0.15) is 20.4 Å². The van der Waals surface area contributed by atoms with Crippen LogP contribution in [0.1, 0.15) is 104 Å². The van der Waals surface area contributed by atoms with Gasteiger partial charge in [-0.3, -0.25) is 10.9 Å². The number of anilines is 3. The van der Waals surface area contributed by atoms with E-state index in [9.17, 15) is 4.79 Å². The lowest BCUT2D eigenvalue weighted by Crippen LogP contribution is -2.23. The monoisotopic (exact) mass is 1460 g/mol. The first-order valence-electron chi connectivity index (χ1n) is 35.7. The number of rotatable bonds is 25. The van der Waals surface area contributed by atoms with Crippen molar-refractivity contribution >= 4 is 122 Å². The standard InChI is InChI=1S/C25H29N3O4S.C22H20N2.C21H25N3S.C20H17N3S/c1-4-24(29)32-16-15-31-14-13-30-12-11-28(25-27-22-7-5-6-8-23(22)33-25)26-18-21-17-19(2)9-10-20(21)3;1-15-11-12-16(2)17(13-15)14-23-24-22-20-9-5-3-7-18(20)19-8-4-6-10-21(19)22;1-15(2)11-12-24(21-23-19-7-5-6-8-20(19)25-21)22-14-18-13-16(3)9-10-17(18)4;1-13-7-8-14(2)16(11-13)12-21-23-20-22-19-17-6-4-3-5-15(17)9-10-18(19)24-20/h4-10,17-18H,1,11-16H2,2-3H3;3-14,22,24H,1-2H3;5-10,13-15H,11-12H2,1-4H3;3-12H,1-2H3,(H,22,23)/b26-18+;23-14+;22-14+;21-12+. The first-order valence-corrected chi connectivity index (χ1v) is 38.1. The number of thiazole rings is 3. The molecule has 1 aliphatic rings. The van der Waals surface area contributed by atoms with Crippen molar-refractivity contribution in [1.29, 1.82) is 0 Å². The molecule has 0 saturated carbocycles. The predicted octanol–water partition coefficient (Wildman–Crippen LogP) is 20.8.